The van der Waals surface area contributed by atoms with Crippen LogP contribution in [-0.4, -0.2) is 76.3 Å². The van der Waals surface area contributed by atoms with E-state index in [0.29, 0.717) is 33.5 Å². The quantitative estimate of drug-likeness (QED) is 0.0636. The number of phenolic OH excluding ortho intramolecular Hbond substituents is 1. The average Bonchev–Trinajstić information content (AvgIpc) is 3.61. The highest BCUT2D eigenvalue weighted by atomic mass is 32.2. The Morgan fingerprint density at radius 1 is 0.677 bits per heavy atom. The van der Waals surface area contributed by atoms with Gasteiger partial charge in [-0.1, -0.05) is 90.6 Å². The summed E-state index contributed by atoms with van der Waals surface area (Å²) in [6, 6.07) is 34.1. The minimum absolute atomic E-state index is 0.0820. The summed E-state index contributed by atoms with van der Waals surface area (Å²) in [4.78, 5) is 77.5. The summed E-state index contributed by atoms with van der Waals surface area (Å²) < 4.78 is 41.9. The van der Waals surface area contributed by atoms with E-state index in [1.165, 1.54) is 38.1 Å². The van der Waals surface area contributed by atoms with Gasteiger partial charge in [-0.3, -0.25) is 33.7 Å². The molecule has 0 saturated carbocycles. The van der Waals surface area contributed by atoms with Crippen molar-refractivity contribution in [2.24, 2.45) is 0 Å². The van der Waals surface area contributed by atoms with E-state index in [9.17, 15) is 38.3 Å². The first-order chi connectivity index (χ1) is 31.2. The third kappa shape index (κ3) is 10.9. The fourth-order valence-corrected chi connectivity index (χ4v) is 9.41. The van der Waals surface area contributed by atoms with Gasteiger partial charge in [-0.25, -0.2) is 4.39 Å². The molecule has 15 heteroatoms. The molecule has 336 valence electrons. The van der Waals surface area contributed by atoms with Crippen LogP contribution >= 0.6 is 11.8 Å². The Hall–Kier alpha value is -6.84. The Bertz CT molecular complexity index is 2550. The number of esters is 4. The van der Waals surface area contributed by atoms with Crippen molar-refractivity contribution in [1.29, 1.82) is 0 Å². The molecule has 2 saturated heterocycles. The van der Waals surface area contributed by atoms with Gasteiger partial charge in [0, 0.05) is 56.2 Å². The average molecular weight is 904 g/mol. The van der Waals surface area contributed by atoms with Crippen LogP contribution in [0.1, 0.15) is 74.2 Å². The Labute approximate surface area is 378 Å². The van der Waals surface area contributed by atoms with E-state index in [0.717, 1.165) is 36.7 Å². The van der Waals surface area contributed by atoms with Crippen LogP contribution in [0.4, 0.5) is 14.9 Å². The standard InChI is InChI=1S/C50H46FNO12S/c1-28(53)60-27-43-47(61-29(2)54)49(63-31(4)56)48(62-30(3)55)46(64-43)36-12-10-34(11-13-36)37-18-23-40(42(58)26-37)45-44(25-24-41(57)35-14-19-38(51)20-15-35)65-50(59)52(45)39-21-16-33(17-22-39)32-8-6-5-7-9-32/h5-23,26,43-49,58H,24-25,27H2,1-4H3/t43-,44-,45-,46?,47-,48+,49+/m1/s1. The lowest BCUT2D eigenvalue weighted by atomic mass is 9.89. The summed E-state index contributed by atoms with van der Waals surface area (Å²) >= 11 is 1.09. The number of anilines is 1. The van der Waals surface area contributed by atoms with E-state index in [4.69, 9.17) is 23.7 Å². The third-order valence-electron chi connectivity index (χ3n) is 11.1. The molecule has 1 N–H and O–H groups in total. The lowest BCUT2D eigenvalue weighted by Gasteiger charge is -2.44. The summed E-state index contributed by atoms with van der Waals surface area (Å²) in [5.41, 5.74) is 5.14. The van der Waals surface area contributed by atoms with Crippen LogP contribution in [0.3, 0.4) is 0 Å². The first kappa shape index (κ1) is 46.2. The molecule has 0 bridgehead atoms. The molecule has 2 fully saturated rings. The van der Waals surface area contributed by atoms with Gasteiger partial charge in [-0.15, -0.1) is 0 Å². The summed E-state index contributed by atoms with van der Waals surface area (Å²) in [6.45, 7) is 4.29. The third-order valence-corrected chi connectivity index (χ3v) is 12.3. The number of Topliss-reactive ketones (excluding diaryl/α,β-unsaturated/α-hetero) is 1. The lowest BCUT2D eigenvalue weighted by molar-refractivity contribution is -0.254. The number of hydrogen-bond donors (Lipinski definition) is 1. The number of nitrogens with zero attached hydrogens (tertiary/aromatic N) is 1. The lowest BCUT2D eigenvalue weighted by Crippen LogP contribution is -2.59. The normalized spacial score (nSPS) is 21.6. The van der Waals surface area contributed by atoms with Crippen molar-refractivity contribution in [3.05, 3.63) is 144 Å². The van der Waals surface area contributed by atoms with E-state index in [1.807, 2.05) is 60.7 Å². The zero-order valence-corrected chi connectivity index (χ0v) is 36.7. The van der Waals surface area contributed by atoms with Gasteiger partial charge in [0.2, 0.25) is 0 Å². The zero-order chi connectivity index (χ0) is 46.4. The van der Waals surface area contributed by atoms with Gasteiger partial charge in [0.25, 0.3) is 5.24 Å². The zero-order valence-electron chi connectivity index (χ0n) is 35.9. The van der Waals surface area contributed by atoms with Crippen LogP contribution in [0.2, 0.25) is 0 Å². The highest BCUT2D eigenvalue weighted by Gasteiger charge is 2.52. The van der Waals surface area contributed by atoms with Crippen LogP contribution in [0.15, 0.2) is 121 Å². The molecule has 0 aliphatic carbocycles. The first-order valence-electron chi connectivity index (χ1n) is 20.8. The minimum Gasteiger partial charge on any atom is -0.508 e. The molecule has 0 spiro atoms. The Morgan fingerprint density at radius 2 is 1.25 bits per heavy atom. The van der Waals surface area contributed by atoms with Crippen LogP contribution in [0.5, 0.6) is 5.75 Å². The molecule has 0 radical (unpaired) electrons. The van der Waals surface area contributed by atoms with Crippen molar-refractivity contribution < 1.29 is 61.9 Å². The molecule has 13 nitrogen and oxygen atoms in total. The second-order valence-corrected chi connectivity index (χ2v) is 16.8. The van der Waals surface area contributed by atoms with Crippen molar-refractivity contribution in [3.63, 3.8) is 0 Å². The topological polar surface area (TPSA) is 172 Å². The molecule has 2 aliphatic rings. The molecule has 0 aromatic heterocycles. The number of benzene rings is 5. The number of ether oxygens (including phenoxy) is 5. The molecule has 7 rings (SSSR count). The highest BCUT2D eigenvalue weighted by molar-refractivity contribution is 8.14. The molecule has 5 aromatic rings. The number of halogens is 1. The van der Waals surface area contributed by atoms with E-state index < -0.39 is 71.5 Å². The van der Waals surface area contributed by atoms with Crippen LogP contribution in [0.25, 0.3) is 22.3 Å². The van der Waals surface area contributed by atoms with Crippen molar-refractivity contribution in [3.8, 4) is 28.0 Å². The molecule has 65 heavy (non-hydrogen) atoms. The summed E-state index contributed by atoms with van der Waals surface area (Å²) in [7, 11) is 0. The smallest absolute Gasteiger partial charge is 0.303 e. The number of aromatic hydroxyl groups is 1. The SMILES string of the molecule is CC(=O)OC[C@H]1OC(c2ccc(-c3ccc([C@@H]4[C@@H](CCC(=O)c5ccc(F)cc5)SC(=O)N4c4ccc(-c5ccccc5)cc4)c(O)c3)cc2)[C@H](OC(C)=O)[C@@H](OC(C)=O)[C@@H]1OC(C)=O. The second-order valence-electron chi connectivity index (χ2n) is 15.6. The maximum absolute atomic E-state index is 13.9. The molecular formula is C50H46FNO12S. The van der Waals surface area contributed by atoms with Gasteiger partial charge < -0.3 is 28.8 Å². The van der Waals surface area contributed by atoms with E-state index in [1.54, 1.807) is 41.3 Å². The maximum atomic E-state index is 13.9. The molecule has 1 amide bonds. The molecular weight excluding hydrogens is 858 g/mol. The molecule has 2 aliphatic heterocycles. The van der Waals surface area contributed by atoms with Crippen LogP contribution in [-0.2, 0) is 42.9 Å². The number of carbonyl (C=O) groups excluding carboxylic acids is 6. The fourth-order valence-electron chi connectivity index (χ4n) is 8.19. The summed E-state index contributed by atoms with van der Waals surface area (Å²) in [5.74, 6) is -3.58. The number of ketones is 1. The predicted molar refractivity (Wildman–Crippen MR) is 238 cm³/mol. The maximum Gasteiger partial charge on any atom is 0.303 e. The van der Waals surface area contributed by atoms with Crippen molar-refractivity contribution in [1.82, 2.24) is 0 Å². The van der Waals surface area contributed by atoms with Gasteiger partial charge in [0.1, 0.15) is 30.4 Å². The van der Waals surface area contributed by atoms with Gasteiger partial charge in [0.05, 0.1) is 6.04 Å². The first-order valence-corrected chi connectivity index (χ1v) is 21.7. The second kappa shape index (κ2) is 20.3. The molecule has 1 unspecified atom stereocenters. The Kier molecular flexibility index (Phi) is 14.4. The fraction of sp³-hybridized carbons (Fsp3) is 0.280. The summed E-state index contributed by atoms with van der Waals surface area (Å²) in [5, 5.41) is 11.1. The largest absolute Gasteiger partial charge is 0.508 e. The van der Waals surface area contributed by atoms with E-state index in [-0.39, 0.29) is 36.2 Å². The van der Waals surface area contributed by atoms with Crippen LogP contribution < -0.4 is 4.90 Å². The number of rotatable bonds is 14. The molecule has 7 atom stereocenters. The van der Waals surface area contributed by atoms with Gasteiger partial charge in [-0.2, -0.15) is 0 Å². The van der Waals surface area contributed by atoms with Gasteiger partial charge in [-0.05, 0) is 76.7 Å². The highest BCUT2D eigenvalue weighted by Crippen LogP contribution is 2.49. The van der Waals surface area contributed by atoms with Gasteiger partial charge in [0.15, 0.2) is 24.1 Å². The number of hydrogen-bond acceptors (Lipinski definition) is 13. The predicted octanol–water partition coefficient (Wildman–Crippen LogP) is 9.11. The summed E-state index contributed by atoms with van der Waals surface area (Å²) in [6.07, 6.45) is -5.76. The number of amides is 1. The number of phenols is 1. The minimum atomic E-state index is -1.34. The van der Waals surface area contributed by atoms with Crippen molar-refractivity contribution >= 4 is 52.3 Å². The van der Waals surface area contributed by atoms with E-state index in [2.05, 4.69) is 0 Å². The number of thioether (sulfide) groups is 1. The molecule has 5 aromatic carbocycles. The van der Waals surface area contributed by atoms with E-state index >= 15 is 0 Å². The van der Waals surface area contributed by atoms with Crippen LogP contribution in [0, 0.1) is 5.82 Å². The van der Waals surface area contributed by atoms with Crippen molar-refractivity contribution in [2.75, 3.05) is 11.5 Å². The monoisotopic (exact) mass is 903 g/mol. The number of carbonyl (C=O) groups is 6. The van der Waals surface area contributed by atoms with Gasteiger partial charge >= 0.3 is 23.9 Å². The Balaban J connectivity index is 1.19. The molecule has 2 heterocycles. The Morgan fingerprint density at radius 3 is 1.86 bits per heavy atom. The van der Waals surface area contributed by atoms with Crippen molar-refractivity contribution in [2.45, 2.75) is 82.3 Å².